The lowest BCUT2D eigenvalue weighted by molar-refractivity contribution is -0.157. The molecule has 1 aliphatic rings. The van der Waals surface area contributed by atoms with Gasteiger partial charge in [0.1, 0.15) is 18.0 Å². The van der Waals surface area contributed by atoms with Crippen molar-refractivity contribution in [3.63, 3.8) is 0 Å². The third-order valence-electron chi connectivity index (χ3n) is 4.03. The Morgan fingerprint density at radius 3 is 2.77 bits per heavy atom. The Morgan fingerprint density at radius 1 is 1.41 bits per heavy atom. The highest BCUT2D eigenvalue weighted by Gasteiger charge is 2.41. The molecule has 0 atom stereocenters. The van der Waals surface area contributed by atoms with Crippen LogP contribution in [0.15, 0.2) is 24.3 Å². The van der Waals surface area contributed by atoms with Crippen molar-refractivity contribution in [1.82, 2.24) is 10.2 Å². The van der Waals surface area contributed by atoms with Gasteiger partial charge in [-0.2, -0.15) is 0 Å². The summed E-state index contributed by atoms with van der Waals surface area (Å²) in [6.07, 6.45) is 1.39. The number of nitrogens with zero attached hydrogens (tertiary/aromatic N) is 1. The molecular formula is C16H23ClN2O3. The number of hydrogen-bond donors (Lipinski definition) is 1. The lowest BCUT2D eigenvalue weighted by atomic mass is 9.90. The molecule has 1 N–H and O–H groups in total. The molecule has 1 saturated heterocycles. The molecular weight excluding hydrogens is 304 g/mol. The number of rotatable bonds is 6. The number of carbonyl (C=O) groups is 1. The molecule has 0 unspecified atom stereocenters. The molecule has 1 aromatic carbocycles. The summed E-state index contributed by atoms with van der Waals surface area (Å²) in [6, 6.07) is 7.23. The monoisotopic (exact) mass is 326 g/mol. The average molecular weight is 327 g/mol. The van der Waals surface area contributed by atoms with Crippen LogP contribution in [-0.2, 0) is 9.53 Å². The number of ether oxygens (including phenoxy) is 2. The summed E-state index contributed by atoms with van der Waals surface area (Å²) >= 11 is 5.91. The third kappa shape index (κ3) is 4.12. The van der Waals surface area contributed by atoms with Gasteiger partial charge in [-0.3, -0.25) is 4.79 Å². The maximum absolute atomic E-state index is 12.6. The van der Waals surface area contributed by atoms with E-state index in [-0.39, 0.29) is 5.91 Å². The first kappa shape index (κ1) is 17.1. The molecule has 0 bridgehead atoms. The zero-order chi connectivity index (χ0) is 16.0. The Kier molecular flexibility index (Phi) is 6.06. The highest BCUT2D eigenvalue weighted by molar-refractivity contribution is 6.30. The largest absolute Gasteiger partial charge is 0.492 e. The molecule has 0 spiro atoms. The molecule has 0 aliphatic carbocycles. The number of halogens is 1. The van der Waals surface area contributed by atoms with Crippen molar-refractivity contribution >= 4 is 17.5 Å². The third-order valence-corrected chi connectivity index (χ3v) is 4.27. The summed E-state index contributed by atoms with van der Waals surface area (Å²) in [4.78, 5) is 14.3. The van der Waals surface area contributed by atoms with Gasteiger partial charge >= 0.3 is 0 Å². The van der Waals surface area contributed by atoms with Gasteiger partial charge in [-0.1, -0.05) is 17.7 Å². The molecule has 0 aromatic heterocycles. The summed E-state index contributed by atoms with van der Waals surface area (Å²) in [6.45, 7) is 2.52. The van der Waals surface area contributed by atoms with Gasteiger partial charge in [0.15, 0.2) is 0 Å². The van der Waals surface area contributed by atoms with Gasteiger partial charge in [0, 0.05) is 19.2 Å². The number of benzene rings is 1. The molecule has 1 aliphatic heterocycles. The molecule has 1 heterocycles. The average Bonchev–Trinajstić information content (AvgIpc) is 2.54. The van der Waals surface area contributed by atoms with E-state index in [0.29, 0.717) is 36.8 Å². The second-order valence-corrected chi connectivity index (χ2v) is 5.92. The summed E-state index contributed by atoms with van der Waals surface area (Å²) in [5.41, 5.74) is -0.698. The molecule has 1 aromatic rings. The second-order valence-electron chi connectivity index (χ2n) is 5.48. The smallest absolute Gasteiger partial charge is 0.254 e. The number of carbonyl (C=O) groups excluding carboxylic acids is 1. The van der Waals surface area contributed by atoms with Gasteiger partial charge in [0.25, 0.3) is 5.91 Å². The highest BCUT2D eigenvalue weighted by Crippen LogP contribution is 2.24. The quantitative estimate of drug-likeness (QED) is 0.868. The molecule has 5 nitrogen and oxygen atoms in total. The van der Waals surface area contributed by atoms with Crippen LogP contribution < -0.4 is 10.1 Å². The molecule has 2 rings (SSSR count). The van der Waals surface area contributed by atoms with E-state index < -0.39 is 5.60 Å². The van der Waals surface area contributed by atoms with Crippen molar-refractivity contribution in [3.8, 4) is 5.75 Å². The number of amides is 1. The molecule has 122 valence electrons. The Hall–Kier alpha value is -1.30. The topological polar surface area (TPSA) is 50.8 Å². The Balaban J connectivity index is 1.85. The van der Waals surface area contributed by atoms with E-state index in [1.54, 1.807) is 31.2 Å². The van der Waals surface area contributed by atoms with Gasteiger partial charge in [-0.15, -0.1) is 0 Å². The lowest BCUT2D eigenvalue weighted by Gasteiger charge is -2.37. The summed E-state index contributed by atoms with van der Waals surface area (Å²) < 4.78 is 11.2. The zero-order valence-corrected chi connectivity index (χ0v) is 13.9. The van der Waals surface area contributed by atoms with Crippen molar-refractivity contribution in [1.29, 1.82) is 0 Å². The summed E-state index contributed by atoms with van der Waals surface area (Å²) in [5.74, 6) is 0.725. The van der Waals surface area contributed by atoms with Crippen molar-refractivity contribution in [2.24, 2.45) is 0 Å². The number of likely N-dealkylation sites (N-methyl/N-ethyl adjacent to an activating group) is 1. The van der Waals surface area contributed by atoms with Crippen molar-refractivity contribution in [3.05, 3.63) is 29.3 Å². The number of nitrogens with one attached hydrogen (secondary N) is 1. The van der Waals surface area contributed by atoms with Crippen LogP contribution in [-0.4, -0.2) is 56.8 Å². The minimum absolute atomic E-state index is 0.0196. The van der Waals surface area contributed by atoms with Crippen LogP contribution in [0.4, 0.5) is 0 Å². The lowest BCUT2D eigenvalue weighted by Crippen LogP contribution is -2.55. The predicted octanol–water partition coefficient (Wildman–Crippen LogP) is 1.95. The first-order chi connectivity index (χ1) is 10.6. The Labute approximate surface area is 136 Å². The van der Waals surface area contributed by atoms with Crippen LogP contribution in [0, 0.1) is 0 Å². The van der Waals surface area contributed by atoms with Gasteiger partial charge in [-0.25, -0.2) is 0 Å². The SMILES string of the molecule is COC1(C(=O)N(C)CCOc2cccc(Cl)c2)CCNCC1. The molecule has 0 radical (unpaired) electrons. The van der Waals surface area contributed by atoms with Crippen molar-refractivity contribution in [2.75, 3.05) is 40.4 Å². The minimum Gasteiger partial charge on any atom is -0.492 e. The van der Waals surface area contributed by atoms with Crippen LogP contribution in [0.3, 0.4) is 0 Å². The van der Waals surface area contributed by atoms with Crippen LogP contribution in [0.2, 0.25) is 5.02 Å². The van der Waals surface area contributed by atoms with Crippen LogP contribution in [0.1, 0.15) is 12.8 Å². The van der Waals surface area contributed by atoms with E-state index in [9.17, 15) is 4.79 Å². The maximum Gasteiger partial charge on any atom is 0.254 e. The first-order valence-electron chi connectivity index (χ1n) is 7.47. The zero-order valence-electron chi connectivity index (χ0n) is 13.1. The van der Waals surface area contributed by atoms with E-state index in [1.165, 1.54) is 0 Å². The molecule has 0 saturated carbocycles. The van der Waals surface area contributed by atoms with Gasteiger partial charge in [-0.05, 0) is 44.1 Å². The molecule has 1 fully saturated rings. The normalized spacial score (nSPS) is 17.0. The van der Waals surface area contributed by atoms with Gasteiger partial charge < -0.3 is 19.7 Å². The van der Waals surface area contributed by atoms with Gasteiger partial charge in [0.2, 0.25) is 0 Å². The summed E-state index contributed by atoms with van der Waals surface area (Å²) in [5, 5.41) is 3.88. The van der Waals surface area contributed by atoms with Crippen LogP contribution in [0.5, 0.6) is 5.75 Å². The predicted molar refractivity (Wildman–Crippen MR) is 86.4 cm³/mol. The van der Waals surface area contributed by atoms with E-state index in [0.717, 1.165) is 13.1 Å². The van der Waals surface area contributed by atoms with E-state index in [2.05, 4.69) is 5.32 Å². The fraction of sp³-hybridized carbons (Fsp3) is 0.562. The van der Waals surface area contributed by atoms with Crippen LogP contribution >= 0.6 is 11.6 Å². The standard InChI is InChI=1S/C16H23ClN2O3/c1-19(10-11-22-14-5-3-4-13(17)12-14)15(20)16(21-2)6-8-18-9-7-16/h3-5,12,18H,6-11H2,1-2H3. The van der Waals surface area contributed by atoms with Crippen molar-refractivity contribution < 1.29 is 14.3 Å². The number of piperidine rings is 1. The molecule has 1 amide bonds. The van der Waals surface area contributed by atoms with E-state index in [1.807, 2.05) is 12.1 Å². The molecule has 22 heavy (non-hydrogen) atoms. The molecule has 6 heteroatoms. The number of methoxy groups -OCH3 is 1. The first-order valence-corrected chi connectivity index (χ1v) is 7.85. The highest BCUT2D eigenvalue weighted by atomic mass is 35.5. The fourth-order valence-electron chi connectivity index (χ4n) is 2.64. The maximum atomic E-state index is 12.6. The van der Waals surface area contributed by atoms with E-state index in [4.69, 9.17) is 21.1 Å². The van der Waals surface area contributed by atoms with Crippen LogP contribution in [0.25, 0.3) is 0 Å². The Morgan fingerprint density at radius 2 is 2.14 bits per heavy atom. The van der Waals surface area contributed by atoms with Crippen molar-refractivity contribution in [2.45, 2.75) is 18.4 Å². The number of hydrogen-bond acceptors (Lipinski definition) is 4. The minimum atomic E-state index is -0.698. The fourth-order valence-corrected chi connectivity index (χ4v) is 2.82. The van der Waals surface area contributed by atoms with E-state index >= 15 is 0 Å². The Bertz CT molecular complexity index is 504. The van der Waals surface area contributed by atoms with Gasteiger partial charge in [0.05, 0.1) is 6.54 Å². The second kappa shape index (κ2) is 7.81. The summed E-state index contributed by atoms with van der Waals surface area (Å²) in [7, 11) is 3.39.